The monoisotopic (exact) mass is 331 g/mol. The lowest BCUT2D eigenvalue weighted by atomic mass is 10.2. The minimum atomic E-state index is 0.0527. The van der Waals surface area contributed by atoms with Crippen molar-refractivity contribution in [2.45, 2.75) is 11.3 Å². The maximum Gasteiger partial charge on any atom is 0.227 e. The van der Waals surface area contributed by atoms with Gasteiger partial charge in [0.25, 0.3) is 0 Å². The van der Waals surface area contributed by atoms with Crippen LogP contribution in [0.3, 0.4) is 0 Å². The number of ether oxygens (including phenoxy) is 2. The van der Waals surface area contributed by atoms with E-state index >= 15 is 0 Å². The van der Waals surface area contributed by atoms with Crippen molar-refractivity contribution >= 4 is 23.4 Å². The molecule has 0 saturated heterocycles. The summed E-state index contributed by atoms with van der Waals surface area (Å²) in [5.41, 5.74) is 0.739. The van der Waals surface area contributed by atoms with Gasteiger partial charge in [0.15, 0.2) is 0 Å². The molecule has 0 aliphatic heterocycles. The van der Waals surface area contributed by atoms with Gasteiger partial charge in [0, 0.05) is 30.2 Å². The molecule has 0 unspecified atom stereocenters. The minimum absolute atomic E-state index is 0.0527. The van der Waals surface area contributed by atoms with Gasteiger partial charge in [-0.1, -0.05) is 18.2 Å². The Morgan fingerprint density at radius 1 is 1.09 bits per heavy atom. The van der Waals surface area contributed by atoms with Crippen molar-refractivity contribution < 1.29 is 14.3 Å². The standard InChI is InChI=1S/C18H21NO3S/c1-19(16-10-9-14(21-2)13-17(16)22-3)18(20)11-12-23-15-7-5-4-6-8-15/h4-10,13H,11-12H2,1-3H3. The molecule has 0 aromatic heterocycles. The van der Waals surface area contributed by atoms with Crippen molar-refractivity contribution in [2.75, 3.05) is 31.9 Å². The van der Waals surface area contributed by atoms with Crippen molar-refractivity contribution in [3.05, 3.63) is 48.5 Å². The summed E-state index contributed by atoms with van der Waals surface area (Å²) in [7, 11) is 4.95. The number of hydrogen-bond acceptors (Lipinski definition) is 4. The Hall–Kier alpha value is -2.14. The van der Waals surface area contributed by atoms with Gasteiger partial charge in [-0.05, 0) is 24.3 Å². The number of carbonyl (C=O) groups excluding carboxylic acids is 1. The van der Waals surface area contributed by atoms with Gasteiger partial charge < -0.3 is 14.4 Å². The summed E-state index contributed by atoms with van der Waals surface area (Å²) >= 11 is 1.68. The summed E-state index contributed by atoms with van der Waals surface area (Å²) in [6.07, 6.45) is 0.464. The highest BCUT2D eigenvalue weighted by molar-refractivity contribution is 7.99. The van der Waals surface area contributed by atoms with Crippen LogP contribution in [-0.2, 0) is 4.79 Å². The smallest absolute Gasteiger partial charge is 0.227 e. The number of anilines is 1. The Morgan fingerprint density at radius 3 is 2.48 bits per heavy atom. The predicted octanol–water partition coefficient (Wildman–Crippen LogP) is 3.85. The van der Waals surface area contributed by atoms with E-state index in [4.69, 9.17) is 9.47 Å². The second-order valence-corrected chi connectivity index (χ2v) is 6.07. The maximum absolute atomic E-state index is 12.4. The SMILES string of the molecule is COc1ccc(N(C)C(=O)CCSc2ccccc2)c(OC)c1. The highest BCUT2D eigenvalue weighted by atomic mass is 32.2. The van der Waals surface area contributed by atoms with Crippen molar-refractivity contribution in [3.8, 4) is 11.5 Å². The Balaban J connectivity index is 1.96. The molecule has 0 bridgehead atoms. The number of benzene rings is 2. The molecule has 4 nitrogen and oxygen atoms in total. The van der Waals surface area contributed by atoms with E-state index in [9.17, 15) is 4.79 Å². The van der Waals surface area contributed by atoms with Crippen LogP contribution in [0.2, 0.25) is 0 Å². The van der Waals surface area contributed by atoms with Crippen LogP contribution in [0.15, 0.2) is 53.4 Å². The van der Waals surface area contributed by atoms with Gasteiger partial charge in [-0.2, -0.15) is 0 Å². The van der Waals surface area contributed by atoms with Gasteiger partial charge in [-0.25, -0.2) is 0 Å². The van der Waals surface area contributed by atoms with Gasteiger partial charge in [0.2, 0.25) is 5.91 Å². The van der Waals surface area contributed by atoms with E-state index in [1.807, 2.05) is 42.5 Å². The number of hydrogen-bond donors (Lipinski definition) is 0. The fourth-order valence-corrected chi connectivity index (χ4v) is 3.00. The third-order valence-electron chi connectivity index (χ3n) is 3.45. The molecule has 0 aliphatic rings. The molecule has 0 spiro atoms. The summed E-state index contributed by atoms with van der Waals surface area (Å²) in [6.45, 7) is 0. The number of thioether (sulfide) groups is 1. The molecule has 5 heteroatoms. The highest BCUT2D eigenvalue weighted by Gasteiger charge is 2.15. The first-order valence-corrected chi connectivity index (χ1v) is 8.30. The van der Waals surface area contributed by atoms with Gasteiger partial charge >= 0.3 is 0 Å². The van der Waals surface area contributed by atoms with E-state index in [0.29, 0.717) is 17.9 Å². The molecule has 0 atom stereocenters. The Morgan fingerprint density at radius 2 is 1.83 bits per heavy atom. The van der Waals surface area contributed by atoms with Crippen molar-refractivity contribution in [3.63, 3.8) is 0 Å². The molecule has 0 heterocycles. The summed E-state index contributed by atoms with van der Waals surface area (Å²) in [6, 6.07) is 15.5. The van der Waals surface area contributed by atoms with E-state index in [0.717, 1.165) is 11.4 Å². The number of nitrogens with zero attached hydrogens (tertiary/aromatic N) is 1. The molecule has 2 aromatic carbocycles. The summed E-state index contributed by atoms with van der Waals surface area (Å²) in [4.78, 5) is 15.2. The molecule has 1 amide bonds. The summed E-state index contributed by atoms with van der Waals surface area (Å²) < 4.78 is 10.5. The zero-order valence-corrected chi connectivity index (χ0v) is 14.4. The molecule has 0 fully saturated rings. The first-order chi connectivity index (χ1) is 11.2. The van der Waals surface area contributed by atoms with Crippen LogP contribution in [0.5, 0.6) is 11.5 Å². The molecule has 2 rings (SSSR count). The van der Waals surface area contributed by atoms with Crippen LogP contribution < -0.4 is 14.4 Å². The van der Waals surface area contributed by atoms with Crippen LogP contribution in [0, 0.1) is 0 Å². The summed E-state index contributed by atoms with van der Waals surface area (Å²) in [5, 5.41) is 0. The van der Waals surface area contributed by atoms with E-state index < -0.39 is 0 Å². The topological polar surface area (TPSA) is 38.8 Å². The Labute approximate surface area is 141 Å². The Bertz CT molecular complexity index is 646. The van der Waals surface area contributed by atoms with Gasteiger partial charge in [-0.3, -0.25) is 4.79 Å². The molecule has 0 saturated carbocycles. The minimum Gasteiger partial charge on any atom is -0.497 e. The van der Waals surface area contributed by atoms with Crippen molar-refractivity contribution in [1.29, 1.82) is 0 Å². The second kappa shape index (κ2) is 8.48. The number of carbonyl (C=O) groups is 1. The molecule has 122 valence electrons. The number of amides is 1. The van der Waals surface area contributed by atoms with E-state index in [1.54, 1.807) is 44.0 Å². The largest absolute Gasteiger partial charge is 0.497 e. The van der Waals surface area contributed by atoms with Gasteiger partial charge in [0.05, 0.1) is 19.9 Å². The molecule has 0 radical (unpaired) electrons. The zero-order chi connectivity index (χ0) is 16.7. The normalized spacial score (nSPS) is 10.2. The predicted molar refractivity (Wildman–Crippen MR) is 94.7 cm³/mol. The number of rotatable bonds is 7. The fraction of sp³-hybridized carbons (Fsp3) is 0.278. The van der Waals surface area contributed by atoms with Crippen LogP contribution in [0.4, 0.5) is 5.69 Å². The van der Waals surface area contributed by atoms with E-state index in [-0.39, 0.29) is 5.91 Å². The molecule has 2 aromatic rings. The molecule has 0 aliphatic carbocycles. The number of methoxy groups -OCH3 is 2. The third-order valence-corrected chi connectivity index (χ3v) is 4.46. The third kappa shape index (κ3) is 4.66. The lowest BCUT2D eigenvalue weighted by Gasteiger charge is -2.20. The average Bonchev–Trinajstić information content (AvgIpc) is 2.61. The van der Waals surface area contributed by atoms with Crippen LogP contribution in [-0.4, -0.2) is 32.9 Å². The fourth-order valence-electron chi connectivity index (χ4n) is 2.14. The quantitative estimate of drug-likeness (QED) is 0.723. The molecular formula is C18H21NO3S. The zero-order valence-electron chi connectivity index (χ0n) is 13.6. The average molecular weight is 331 g/mol. The lowest BCUT2D eigenvalue weighted by Crippen LogP contribution is -2.26. The van der Waals surface area contributed by atoms with Crippen molar-refractivity contribution in [2.24, 2.45) is 0 Å². The summed E-state index contributed by atoms with van der Waals surface area (Å²) in [5.74, 6) is 2.12. The maximum atomic E-state index is 12.4. The van der Waals surface area contributed by atoms with Gasteiger partial charge in [0.1, 0.15) is 11.5 Å². The Kier molecular flexibility index (Phi) is 6.35. The van der Waals surface area contributed by atoms with Crippen LogP contribution >= 0.6 is 11.8 Å². The van der Waals surface area contributed by atoms with E-state index in [1.165, 1.54) is 4.90 Å². The molecular weight excluding hydrogens is 310 g/mol. The first kappa shape index (κ1) is 17.2. The van der Waals surface area contributed by atoms with E-state index in [2.05, 4.69) is 0 Å². The highest BCUT2D eigenvalue weighted by Crippen LogP contribution is 2.32. The second-order valence-electron chi connectivity index (χ2n) is 4.90. The first-order valence-electron chi connectivity index (χ1n) is 7.32. The lowest BCUT2D eigenvalue weighted by molar-refractivity contribution is -0.117. The van der Waals surface area contributed by atoms with Crippen LogP contribution in [0.25, 0.3) is 0 Å². The van der Waals surface area contributed by atoms with Crippen LogP contribution in [0.1, 0.15) is 6.42 Å². The van der Waals surface area contributed by atoms with Gasteiger partial charge in [-0.15, -0.1) is 11.8 Å². The molecule has 0 N–H and O–H groups in total. The van der Waals surface area contributed by atoms with Crippen molar-refractivity contribution in [1.82, 2.24) is 0 Å². The molecule has 23 heavy (non-hydrogen) atoms.